The molecule has 0 aliphatic rings. The molecule has 0 saturated carbocycles. The van der Waals surface area contributed by atoms with Crippen molar-refractivity contribution in [2.75, 3.05) is 0 Å². The maximum atomic E-state index is 10.0. The van der Waals surface area contributed by atoms with Gasteiger partial charge in [0.25, 0.3) is 0 Å². The normalized spacial score (nSPS) is 10.1. The van der Waals surface area contributed by atoms with Gasteiger partial charge in [-0.25, -0.2) is 4.79 Å². The third-order valence-electron chi connectivity index (χ3n) is 1.80. The number of aromatic nitrogens is 1. The second kappa shape index (κ2) is 2.59. The van der Waals surface area contributed by atoms with Crippen LogP contribution in [0.2, 0.25) is 0 Å². The topological polar surface area (TPSA) is 34.4 Å². The number of nitrogens with zero attached hydrogens (tertiary/aromatic N) is 2. The molecule has 0 aliphatic heterocycles. The van der Waals surface area contributed by atoms with E-state index in [-0.39, 0.29) is 0 Å². The van der Waals surface area contributed by atoms with Gasteiger partial charge in [-0.15, -0.1) is 16.3 Å². The Morgan fingerprint density at radius 1 is 1.67 bits per heavy atom. The van der Waals surface area contributed by atoms with Gasteiger partial charge >= 0.3 is 0 Å². The van der Waals surface area contributed by atoms with E-state index < -0.39 is 0 Å². The van der Waals surface area contributed by atoms with Gasteiger partial charge in [-0.2, -0.15) is 0 Å². The first-order chi connectivity index (χ1) is 5.83. The lowest BCUT2D eigenvalue weighted by molar-refractivity contribution is 0.565. The predicted molar refractivity (Wildman–Crippen MR) is 48.6 cm³/mol. The highest BCUT2D eigenvalue weighted by molar-refractivity contribution is 7.17. The van der Waals surface area contributed by atoms with Crippen molar-refractivity contribution in [3.63, 3.8) is 0 Å². The largest absolute Gasteiger partial charge is 0.327 e. The summed E-state index contributed by atoms with van der Waals surface area (Å²) in [5, 5.41) is 2.01. The number of hydrogen-bond donors (Lipinski definition) is 0. The molecule has 0 atom stereocenters. The molecular weight excluding hydrogens is 172 g/mol. The van der Waals surface area contributed by atoms with Gasteiger partial charge in [0.15, 0.2) is 0 Å². The Morgan fingerprint density at radius 2 is 2.50 bits per heavy atom. The lowest BCUT2D eigenvalue weighted by atomic mass is 10.5. The molecule has 0 unspecified atom stereocenters. The van der Waals surface area contributed by atoms with Crippen LogP contribution >= 0.6 is 11.3 Å². The summed E-state index contributed by atoms with van der Waals surface area (Å²) in [4.78, 5) is 13.6. The zero-order chi connectivity index (χ0) is 8.55. The fraction of sp³-hybridized carbons (Fsp3) is 0.125. The average molecular weight is 178 g/mol. The van der Waals surface area contributed by atoms with Crippen molar-refractivity contribution in [1.82, 2.24) is 4.57 Å². The summed E-state index contributed by atoms with van der Waals surface area (Å²) in [5.41, 5.74) is 1.11. The summed E-state index contributed by atoms with van der Waals surface area (Å²) in [6.45, 7) is 0. The second-order valence-corrected chi connectivity index (χ2v) is 3.38. The predicted octanol–water partition coefficient (Wildman–Crippen LogP) is 2.21. The molecule has 0 bridgehead atoms. The third-order valence-corrected chi connectivity index (χ3v) is 2.65. The molecule has 0 spiro atoms. The molecule has 12 heavy (non-hydrogen) atoms. The number of rotatable bonds is 1. The van der Waals surface area contributed by atoms with E-state index in [1.165, 1.54) is 6.08 Å². The van der Waals surface area contributed by atoms with Crippen LogP contribution in [-0.4, -0.2) is 10.6 Å². The van der Waals surface area contributed by atoms with Gasteiger partial charge in [0, 0.05) is 13.1 Å². The Balaban J connectivity index is 2.78. The monoisotopic (exact) mass is 178 g/mol. The number of aliphatic imine (C=N–C) groups is 1. The highest BCUT2D eigenvalue weighted by Crippen LogP contribution is 2.28. The lowest BCUT2D eigenvalue weighted by Crippen LogP contribution is -1.83. The molecule has 0 aromatic carbocycles. The molecule has 2 heterocycles. The minimum Gasteiger partial charge on any atom is -0.327 e. The lowest BCUT2D eigenvalue weighted by Gasteiger charge is -1.92. The van der Waals surface area contributed by atoms with Crippen LogP contribution in [-0.2, 0) is 11.8 Å². The van der Waals surface area contributed by atoms with Crippen molar-refractivity contribution in [3.05, 3.63) is 17.5 Å². The summed E-state index contributed by atoms with van der Waals surface area (Å²) in [7, 11) is 1.88. The zero-order valence-electron chi connectivity index (χ0n) is 6.44. The maximum absolute atomic E-state index is 10.0. The molecule has 0 radical (unpaired) electrons. The summed E-state index contributed by atoms with van der Waals surface area (Å²) in [5.74, 6) is 0.659. The number of carbonyl (C=O) groups excluding carboxylic acids is 1. The van der Waals surface area contributed by atoms with Gasteiger partial charge in [-0.3, -0.25) is 0 Å². The van der Waals surface area contributed by atoms with E-state index in [0.717, 1.165) is 10.2 Å². The van der Waals surface area contributed by atoms with Crippen molar-refractivity contribution in [1.29, 1.82) is 0 Å². The highest BCUT2D eigenvalue weighted by Gasteiger charge is 2.04. The molecule has 0 fully saturated rings. The van der Waals surface area contributed by atoms with Crippen molar-refractivity contribution in [3.8, 4) is 0 Å². The molecule has 0 amide bonds. The smallest absolute Gasteiger partial charge is 0.242 e. The molecule has 2 aromatic rings. The number of isocyanates is 1. The Morgan fingerprint density at radius 3 is 3.17 bits per heavy atom. The Hall–Kier alpha value is -1.38. The minimum absolute atomic E-state index is 0.659. The Kier molecular flexibility index (Phi) is 1.57. The average Bonchev–Trinajstić information content (AvgIpc) is 2.58. The maximum Gasteiger partial charge on any atom is 0.242 e. The molecule has 60 valence electrons. The van der Waals surface area contributed by atoms with E-state index in [0.29, 0.717) is 5.82 Å². The number of thiophene rings is 1. The van der Waals surface area contributed by atoms with Crippen LogP contribution in [0.3, 0.4) is 0 Å². The Labute approximate surface area is 73.0 Å². The van der Waals surface area contributed by atoms with Gasteiger partial charge in [-0.05, 0) is 11.4 Å². The Bertz CT molecular complexity index is 462. The van der Waals surface area contributed by atoms with E-state index in [1.54, 1.807) is 11.3 Å². The van der Waals surface area contributed by atoms with E-state index in [4.69, 9.17) is 0 Å². The van der Waals surface area contributed by atoms with Crippen LogP contribution in [0, 0.1) is 0 Å². The molecular formula is C8H6N2OS. The van der Waals surface area contributed by atoms with Gasteiger partial charge in [0.1, 0.15) is 5.82 Å². The molecule has 2 rings (SSSR count). The quantitative estimate of drug-likeness (QED) is 0.487. The highest BCUT2D eigenvalue weighted by atomic mass is 32.1. The van der Waals surface area contributed by atoms with Crippen LogP contribution in [0.1, 0.15) is 0 Å². The first-order valence-corrected chi connectivity index (χ1v) is 4.31. The van der Waals surface area contributed by atoms with Crippen molar-refractivity contribution in [2.24, 2.45) is 12.0 Å². The number of aryl methyl sites for hydroxylation is 1. The molecule has 0 N–H and O–H groups in total. The van der Waals surface area contributed by atoms with Crippen LogP contribution < -0.4 is 0 Å². The van der Waals surface area contributed by atoms with E-state index in [9.17, 15) is 4.79 Å². The number of fused-ring (bicyclic) bond motifs is 1. The third kappa shape index (κ3) is 0.897. The van der Waals surface area contributed by atoms with Crippen LogP contribution in [0.25, 0.3) is 10.2 Å². The SMILES string of the molecule is Cn1c(N=C=O)cc2sccc21. The van der Waals surface area contributed by atoms with Gasteiger partial charge < -0.3 is 4.57 Å². The molecule has 4 heteroatoms. The second-order valence-electron chi connectivity index (χ2n) is 2.43. The van der Waals surface area contributed by atoms with Crippen LogP contribution in [0.4, 0.5) is 5.82 Å². The van der Waals surface area contributed by atoms with E-state index in [1.807, 2.05) is 29.1 Å². The van der Waals surface area contributed by atoms with Gasteiger partial charge in [0.2, 0.25) is 6.08 Å². The van der Waals surface area contributed by atoms with Crippen molar-refractivity contribution >= 4 is 33.5 Å². The minimum atomic E-state index is 0.659. The summed E-state index contributed by atoms with van der Waals surface area (Å²) in [6, 6.07) is 3.88. The molecule has 0 aliphatic carbocycles. The summed E-state index contributed by atoms with van der Waals surface area (Å²) >= 11 is 1.64. The summed E-state index contributed by atoms with van der Waals surface area (Å²) in [6.07, 6.45) is 1.53. The van der Waals surface area contributed by atoms with E-state index >= 15 is 0 Å². The van der Waals surface area contributed by atoms with Gasteiger partial charge in [-0.1, -0.05) is 0 Å². The van der Waals surface area contributed by atoms with E-state index in [2.05, 4.69) is 4.99 Å². The standard InChI is InChI=1S/C8H6N2OS/c1-10-6-2-3-12-7(6)4-8(10)9-5-11/h2-4H,1H3. The number of hydrogen-bond acceptors (Lipinski definition) is 3. The fourth-order valence-corrected chi connectivity index (χ4v) is 2.03. The van der Waals surface area contributed by atoms with Crippen LogP contribution in [0.5, 0.6) is 0 Å². The van der Waals surface area contributed by atoms with Crippen molar-refractivity contribution in [2.45, 2.75) is 0 Å². The summed E-state index contributed by atoms with van der Waals surface area (Å²) < 4.78 is 3.02. The molecule has 3 nitrogen and oxygen atoms in total. The zero-order valence-corrected chi connectivity index (χ0v) is 7.26. The molecule has 0 saturated heterocycles. The van der Waals surface area contributed by atoms with Crippen molar-refractivity contribution < 1.29 is 4.79 Å². The fourth-order valence-electron chi connectivity index (χ4n) is 1.19. The van der Waals surface area contributed by atoms with Crippen LogP contribution in [0.15, 0.2) is 22.5 Å². The molecule has 2 aromatic heterocycles. The van der Waals surface area contributed by atoms with Gasteiger partial charge in [0.05, 0.1) is 10.2 Å². The first kappa shape index (κ1) is 7.28. The first-order valence-electron chi connectivity index (χ1n) is 3.43.